The summed E-state index contributed by atoms with van der Waals surface area (Å²) in [6.07, 6.45) is 6.28. The summed E-state index contributed by atoms with van der Waals surface area (Å²) in [5.74, 6) is -1.00. The molecule has 0 saturated carbocycles. The Balaban J connectivity index is 1.91. The van der Waals surface area contributed by atoms with Crippen LogP contribution in [-0.4, -0.2) is 40.1 Å². The number of nitrogens with one attached hydrogen (secondary N) is 1. The van der Waals surface area contributed by atoms with Gasteiger partial charge in [0.1, 0.15) is 0 Å². The smallest absolute Gasteiger partial charge is 0.335 e. The van der Waals surface area contributed by atoms with Crippen LogP contribution < -0.4 is 5.32 Å². The van der Waals surface area contributed by atoms with Crippen molar-refractivity contribution in [3.05, 3.63) is 41.7 Å². The van der Waals surface area contributed by atoms with Crippen LogP contribution in [0, 0.1) is 0 Å². The van der Waals surface area contributed by atoms with Gasteiger partial charge in [-0.1, -0.05) is 12.2 Å². The minimum atomic E-state index is -1.00. The lowest BCUT2D eigenvalue weighted by molar-refractivity contribution is 0.0696. The fourth-order valence-electron chi connectivity index (χ4n) is 1.81. The Labute approximate surface area is 110 Å². The molecule has 0 unspecified atom stereocenters. The van der Waals surface area contributed by atoms with Crippen molar-refractivity contribution in [3.63, 3.8) is 0 Å². The van der Waals surface area contributed by atoms with Crippen molar-refractivity contribution < 1.29 is 14.7 Å². The molecule has 2 N–H and O–H groups in total. The summed E-state index contributed by atoms with van der Waals surface area (Å²) >= 11 is 0. The minimum Gasteiger partial charge on any atom is -0.478 e. The number of carbonyl (C=O) groups is 2. The van der Waals surface area contributed by atoms with Crippen LogP contribution in [0.2, 0.25) is 0 Å². The normalized spacial score (nSPS) is 14.2. The molecule has 2 amide bonds. The summed E-state index contributed by atoms with van der Waals surface area (Å²) in [5, 5.41) is 11.6. The van der Waals surface area contributed by atoms with Crippen molar-refractivity contribution in [2.75, 3.05) is 13.1 Å². The Hall–Kier alpha value is -2.37. The molecule has 0 aliphatic carbocycles. The summed E-state index contributed by atoms with van der Waals surface area (Å²) in [6.45, 7) is 1.53. The van der Waals surface area contributed by atoms with E-state index >= 15 is 0 Å². The van der Waals surface area contributed by atoms with Crippen molar-refractivity contribution in [2.45, 2.75) is 13.0 Å². The van der Waals surface area contributed by atoms with Gasteiger partial charge in [0.25, 0.3) is 0 Å². The van der Waals surface area contributed by atoms with E-state index < -0.39 is 5.97 Å². The van der Waals surface area contributed by atoms with Crippen molar-refractivity contribution in [3.8, 4) is 0 Å². The van der Waals surface area contributed by atoms with E-state index in [-0.39, 0.29) is 18.1 Å². The predicted octanol–water partition coefficient (Wildman–Crippen LogP) is 1.25. The van der Waals surface area contributed by atoms with Crippen LogP contribution in [0.4, 0.5) is 4.79 Å². The highest BCUT2D eigenvalue weighted by Crippen LogP contribution is 2.04. The van der Waals surface area contributed by atoms with Gasteiger partial charge in [-0.05, 0) is 18.6 Å². The predicted molar refractivity (Wildman–Crippen MR) is 68.8 cm³/mol. The lowest BCUT2D eigenvalue weighted by Gasteiger charge is -2.23. The number of carboxylic acid groups (broad SMARTS) is 1. The number of rotatable bonds is 3. The van der Waals surface area contributed by atoms with Gasteiger partial charge in [-0.3, -0.25) is 4.98 Å². The summed E-state index contributed by atoms with van der Waals surface area (Å²) in [4.78, 5) is 28.4. The molecule has 0 atom stereocenters. The first-order valence-corrected chi connectivity index (χ1v) is 6.03. The number of nitrogens with zero attached hydrogens (tertiary/aromatic N) is 2. The maximum atomic E-state index is 11.8. The third kappa shape index (κ3) is 3.54. The van der Waals surface area contributed by atoms with Gasteiger partial charge in [0.2, 0.25) is 0 Å². The summed E-state index contributed by atoms with van der Waals surface area (Å²) < 4.78 is 0. The van der Waals surface area contributed by atoms with E-state index in [1.54, 1.807) is 4.90 Å². The van der Waals surface area contributed by atoms with Crippen molar-refractivity contribution in [2.24, 2.45) is 0 Å². The topological polar surface area (TPSA) is 82.5 Å². The minimum absolute atomic E-state index is 0.160. The maximum Gasteiger partial charge on any atom is 0.335 e. The molecule has 100 valence electrons. The van der Waals surface area contributed by atoms with Crippen molar-refractivity contribution >= 4 is 12.0 Å². The first-order valence-electron chi connectivity index (χ1n) is 6.03. The number of amides is 2. The van der Waals surface area contributed by atoms with Crippen molar-refractivity contribution in [1.82, 2.24) is 15.2 Å². The van der Waals surface area contributed by atoms with Crippen LogP contribution in [-0.2, 0) is 6.54 Å². The SMILES string of the molecule is O=C(O)c1ccnc(CNC(=O)N2CC=CCC2)c1. The molecule has 1 aromatic rings. The monoisotopic (exact) mass is 261 g/mol. The van der Waals surface area contributed by atoms with E-state index in [2.05, 4.69) is 10.3 Å². The molecule has 0 radical (unpaired) electrons. The van der Waals surface area contributed by atoms with Crippen LogP contribution in [0.15, 0.2) is 30.5 Å². The van der Waals surface area contributed by atoms with Gasteiger partial charge in [0, 0.05) is 19.3 Å². The Bertz CT molecular complexity index is 514. The molecule has 0 fully saturated rings. The van der Waals surface area contributed by atoms with Gasteiger partial charge in [0.15, 0.2) is 0 Å². The molecule has 0 saturated heterocycles. The van der Waals surface area contributed by atoms with E-state index in [4.69, 9.17) is 5.11 Å². The molecular weight excluding hydrogens is 246 g/mol. The molecule has 6 heteroatoms. The molecule has 0 bridgehead atoms. The number of urea groups is 1. The third-order valence-corrected chi connectivity index (χ3v) is 2.83. The molecule has 0 spiro atoms. The van der Waals surface area contributed by atoms with Crippen LogP contribution in [0.1, 0.15) is 22.5 Å². The molecule has 2 rings (SSSR count). The lowest BCUT2D eigenvalue weighted by Crippen LogP contribution is -2.41. The number of hydrogen-bond donors (Lipinski definition) is 2. The quantitative estimate of drug-likeness (QED) is 0.802. The molecular formula is C13H15N3O3. The van der Waals surface area contributed by atoms with Gasteiger partial charge < -0.3 is 15.3 Å². The number of aromatic nitrogens is 1. The van der Waals surface area contributed by atoms with Crippen LogP contribution in [0.25, 0.3) is 0 Å². The molecule has 19 heavy (non-hydrogen) atoms. The van der Waals surface area contributed by atoms with E-state index in [1.807, 2.05) is 12.2 Å². The Kier molecular flexibility index (Phi) is 4.12. The first kappa shape index (κ1) is 13.1. The fourth-order valence-corrected chi connectivity index (χ4v) is 1.81. The van der Waals surface area contributed by atoms with Gasteiger partial charge >= 0.3 is 12.0 Å². The van der Waals surface area contributed by atoms with Gasteiger partial charge in [-0.15, -0.1) is 0 Å². The fraction of sp³-hybridized carbons (Fsp3) is 0.308. The van der Waals surface area contributed by atoms with Crippen LogP contribution in [0.5, 0.6) is 0 Å². The van der Waals surface area contributed by atoms with Gasteiger partial charge in [-0.25, -0.2) is 9.59 Å². The maximum absolute atomic E-state index is 11.8. The Morgan fingerprint density at radius 2 is 2.26 bits per heavy atom. The number of hydrogen-bond acceptors (Lipinski definition) is 3. The Morgan fingerprint density at radius 3 is 2.95 bits per heavy atom. The second-order valence-corrected chi connectivity index (χ2v) is 4.21. The standard InChI is InChI=1S/C13H15N3O3/c17-12(18)10-4-5-14-11(8-10)9-15-13(19)16-6-2-1-3-7-16/h1-2,4-5,8H,3,6-7,9H2,(H,15,19)(H,17,18). The third-order valence-electron chi connectivity index (χ3n) is 2.83. The number of pyridine rings is 1. The summed E-state index contributed by atoms with van der Waals surface area (Å²) in [6, 6.07) is 2.72. The highest BCUT2D eigenvalue weighted by molar-refractivity contribution is 5.87. The molecule has 1 aliphatic rings. The van der Waals surface area contributed by atoms with Gasteiger partial charge in [-0.2, -0.15) is 0 Å². The average Bonchev–Trinajstić information content (AvgIpc) is 2.46. The largest absolute Gasteiger partial charge is 0.478 e. The zero-order valence-corrected chi connectivity index (χ0v) is 10.4. The van der Waals surface area contributed by atoms with E-state index in [9.17, 15) is 9.59 Å². The van der Waals surface area contributed by atoms with E-state index in [0.717, 1.165) is 6.42 Å². The number of aromatic carboxylic acids is 1. The molecule has 0 aromatic carbocycles. The molecule has 2 heterocycles. The van der Waals surface area contributed by atoms with E-state index in [0.29, 0.717) is 18.8 Å². The molecule has 6 nitrogen and oxygen atoms in total. The second kappa shape index (κ2) is 5.99. The zero-order valence-electron chi connectivity index (χ0n) is 10.4. The number of carbonyl (C=O) groups excluding carboxylic acids is 1. The lowest BCUT2D eigenvalue weighted by atomic mass is 10.2. The summed E-state index contributed by atoms with van der Waals surface area (Å²) in [7, 11) is 0. The molecule has 1 aliphatic heterocycles. The highest BCUT2D eigenvalue weighted by atomic mass is 16.4. The van der Waals surface area contributed by atoms with Crippen molar-refractivity contribution in [1.29, 1.82) is 0 Å². The first-order chi connectivity index (χ1) is 9.16. The van der Waals surface area contributed by atoms with Crippen LogP contribution >= 0.6 is 0 Å². The highest BCUT2D eigenvalue weighted by Gasteiger charge is 2.13. The van der Waals surface area contributed by atoms with E-state index in [1.165, 1.54) is 18.3 Å². The second-order valence-electron chi connectivity index (χ2n) is 4.21. The van der Waals surface area contributed by atoms with Crippen LogP contribution in [0.3, 0.4) is 0 Å². The average molecular weight is 261 g/mol. The summed E-state index contributed by atoms with van der Waals surface area (Å²) in [5.41, 5.74) is 0.695. The number of carboxylic acids is 1. The van der Waals surface area contributed by atoms with Gasteiger partial charge in [0.05, 0.1) is 17.8 Å². The zero-order chi connectivity index (χ0) is 13.7. The molecule has 1 aromatic heterocycles. The Morgan fingerprint density at radius 1 is 1.42 bits per heavy atom.